The molecule has 0 aromatic heterocycles. The van der Waals surface area contributed by atoms with Crippen LogP contribution in [0.15, 0.2) is 24.3 Å². The Morgan fingerprint density at radius 2 is 2.31 bits per heavy atom. The first-order chi connectivity index (χ1) is 6.27. The predicted octanol–water partition coefficient (Wildman–Crippen LogP) is 2.22. The van der Waals surface area contributed by atoms with Crippen LogP contribution in [-0.4, -0.2) is 11.7 Å². The molecule has 0 amide bonds. The van der Waals surface area contributed by atoms with E-state index in [0.717, 1.165) is 5.56 Å². The van der Waals surface area contributed by atoms with Crippen LogP contribution in [0, 0.1) is 11.3 Å². The van der Waals surface area contributed by atoms with Gasteiger partial charge in [0.05, 0.1) is 18.2 Å². The fourth-order valence-corrected chi connectivity index (χ4v) is 1.10. The zero-order valence-corrected chi connectivity index (χ0v) is 7.62. The van der Waals surface area contributed by atoms with Crippen LogP contribution in [0.25, 0.3) is 6.08 Å². The Morgan fingerprint density at radius 3 is 2.92 bits per heavy atom. The summed E-state index contributed by atoms with van der Waals surface area (Å²) in [4.78, 5) is 0. The van der Waals surface area contributed by atoms with Gasteiger partial charge in [-0.2, -0.15) is 5.26 Å². The third kappa shape index (κ3) is 2.59. The summed E-state index contributed by atoms with van der Waals surface area (Å²) in [5.74, 6) is 0. The molecular formula is C10H8ClNO. The topological polar surface area (TPSA) is 44.0 Å². The van der Waals surface area contributed by atoms with E-state index in [9.17, 15) is 0 Å². The lowest BCUT2D eigenvalue weighted by molar-refractivity contribution is 0.343. The summed E-state index contributed by atoms with van der Waals surface area (Å²) >= 11 is 5.85. The molecule has 0 atom stereocenters. The minimum atomic E-state index is -0.0346. The van der Waals surface area contributed by atoms with Gasteiger partial charge < -0.3 is 5.11 Å². The zero-order valence-electron chi connectivity index (χ0n) is 6.87. The molecule has 0 saturated carbocycles. The lowest BCUT2D eigenvalue weighted by atomic mass is 10.1. The zero-order chi connectivity index (χ0) is 9.68. The Labute approximate surface area is 81.7 Å². The molecule has 1 N–H and O–H groups in total. The second-order valence-electron chi connectivity index (χ2n) is 2.43. The van der Waals surface area contributed by atoms with Crippen molar-refractivity contribution in [3.05, 3.63) is 40.4 Å². The molecule has 0 aliphatic rings. The van der Waals surface area contributed by atoms with E-state index in [4.69, 9.17) is 22.0 Å². The van der Waals surface area contributed by atoms with Crippen LogP contribution >= 0.6 is 11.6 Å². The maximum Gasteiger partial charge on any atom is 0.0991 e. The van der Waals surface area contributed by atoms with Crippen molar-refractivity contribution in [1.29, 1.82) is 5.26 Å². The molecule has 66 valence electrons. The first-order valence-electron chi connectivity index (χ1n) is 3.75. The maximum atomic E-state index is 8.61. The van der Waals surface area contributed by atoms with Crippen molar-refractivity contribution >= 4 is 17.7 Å². The van der Waals surface area contributed by atoms with Crippen LogP contribution < -0.4 is 0 Å². The largest absolute Gasteiger partial charge is 0.392 e. The molecule has 3 heteroatoms. The van der Waals surface area contributed by atoms with Crippen molar-refractivity contribution in [2.75, 3.05) is 6.61 Å². The number of halogens is 1. The number of rotatable bonds is 2. The number of hydrogen-bond donors (Lipinski definition) is 1. The molecule has 0 aliphatic carbocycles. The molecule has 1 rings (SSSR count). The molecule has 2 nitrogen and oxygen atoms in total. The van der Waals surface area contributed by atoms with Crippen molar-refractivity contribution in [3.8, 4) is 6.07 Å². The number of aliphatic hydroxyl groups excluding tert-OH is 1. The third-order valence-electron chi connectivity index (χ3n) is 1.53. The second kappa shape index (κ2) is 4.66. The van der Waals surface area contributed by atoms with E-state index in [-0.39, 0.29) is 6.61 Å². The first-order valence-corrected chi connectivity index (χ1v) is 4.13. The van der Waals surface area contributed by atoms with Crippen molar-refractivity contribution in [2.24, 2.45) is 0 Å². The molecule has 0 fully saturated rings. The molecule has 0 unspecified atom stereocenters. The van der Waals surface area contributed by atoms with E-state index in [1.165, 1.54) is 0 Å². The Bertz CT molecular complexity index is 366. The van der Waals surface area contributed by atoms with E-state index < -0.39 is 0 Å². The lowest BCUT2D eigenvalue weighted by Gasteiger charge is -1.97. The van der Waals surface area contributed by atoms with Gasteiger partial charge in [0.1, 0.15) is 0 Å². The van der Waals surface area contributed by atoms with Gasteiger partial charge in [0.15, 0.2) is 0 Å². The highest BCUT2D eigenvalue weighted by molar-refractivity contribution is 6.32. The SMILES string of the molecule is N#Cc1ccc(Cl)c(C=CCO)c1. The summed E-state index contributed by atoms with van der Waals surface area (Å²) < 4.78 is 0. The van der Waals surface area contributed by atoms with Crippen LogP contribution in [0.5, 0.6) is 0 Å². The van der Waals surface area contributed by atoms with E-state index in [2.05, 4.69) is 0 Å². The third-order valence-corrected chi connectivity index (χ3v) is 1.87. The van der Waals surface area contributed by atoms with Gasteiger partial charge in [-0.25, -0.2) is 0 Å². The summed E-state index contributed by atoms with van der Waals surface area (Å²) in [6, 6.07) is 7.01. The fourth-order valence-electron chi connectivity index (χ4n) is 0.921. The summed E-state index contributed by atoms with van der Waals surface area (Å²) in [6.45, 7) is -0.0346. The van der Waals surface area contributed by atoms with Gasteiger partial charge in [-0.15, -0.1) is 0 Å². The number of hydrogen-bond acceptors (Lipinski definition) is 2. The first kappa shape index (κ1) is 9.79. The highest BCUT2D eigenvalue weighted by Crippen LogP contribution is 2.18. The van der Waals surface area contributed by atoms with Crippen molar-refractivity contribution in [3.63, 3.8) is 0 Å². The quantitative estimate of drug-likeness (QED) is 0.783. The van der Waals surface area contributed by atoms with Crippen LogP contribution in [0.2, 0.25) is 5.02 Å². The van der Waals surface area contributed by atoms with Gasteiger partial charge in [0.25, 0.3) is 0 Å². The van der Waals surface area contributed by atoms with Crippen LogP contribution in [-0.2, 0) is 0 Å². The minimum absolute atomic E-state index is 0.0346. The highest BCUT2D eigenvalue weighted by atomic mass is 35.5. The molecule has 1 aromatic rings. The molecule has 0 radical (unpaired) electrons. The predicted molar refractivity (Wildman–Crippen MR) is 52.3 cm³/mol. The Kier molecular flexibility index (Phi) is 3.51. The summed E-state index contributed by atoms with van der Waals surface area (Å²) in [5.41, 5.74) is 1.30. The standard InChI is InChI=1S/C10H8ClNO/c11-10-4-3-8(7-12)6-9(10)2-1-5-13/h1-4,6,13H,5H2. The van der Waals surface area contributed by atoms with E-state index in [1.807, 2.05) is 6.07 Å². The van der Waals surface area contributed by atoms with Gasteiger partial charge in [-0.05, 0) is 23.8 Å². The number of nitrogens with zero attached hydrogens (tertiary/aromatic N) is 1. The van der Waals surface area contributed by atoms with Crippen molar-refractivity contribution in [1.82, 2.24) is 0 Å². The Balaban J connectivity index is 3.06. The van der Waals surface area contributed by atoms with Crippen LogP contribution in [0.1, 0.15) is 11.1 Å². The second-order valence-corrected chi connectivity index (χ2v) is 2.84. The lowest BCUT2D eigenvalue weighted by Crippen LogP contribution is -1.80. The average Bonchev–Trinajstić information content (AvgIpc) is 2.17. The van der Waals surface area contributed by atoms with Crippen LogP contribution in [0.4, 0.5) is 0 Å². The van der Waals surface area contributed by atoms with Gasteiger partial charge in [-0.1, -0.05) is 23.8 Å². The summed E-state index contributed by atoms with van der Waals surface area (Å²) in [6.07, 6.45) is 3.26. The molecular weight excluding hydrogens is 186 g/mol. The summed E-state index contributed by atoms with van der Waals surface area (Å²) in [5, 5.41) is 17.7. The Hall–Kier alpha value is -1.30. The smallest absolute Gasteiger partial charge is 0.0991 e. The van der Waals surface area contributed by atoms with E-state index in [1.54, 1.807) is 30.4 Å². The molecule has 13 heavy (non-hydrogen) atoms. The molecule has 0 bridgehead atoms. The Morgan fingerprint density at radius 1 is 1.54 bits per heavy atom. The molecule has 0 heterocycles. The normalized spacial score (nSPS) is 10.2. The van der Waals surface area contributed by atoms with Crippen molar-refractivity contribution in [2.45, 2.75) is 0 Å². The van der Waals surface area contributed by atoms with Crippen LogP contribution in [0.3, 0.4) is 0 Å². The minimum Gasteiger partial charge on any atom is -0.392 e. The molecule has 1 aromatic carbocycles. The van der Waals surface area contributed by atoms with Gasteiger partial charge in [0.2, 0.25) is 0 Å². The summed E-state index contributed by atoms with van der Waals surface area (Å²) in [7, 11) is 0. The maximum absolute atomic E-state index is 8.61. The molecule has 0 saturated heterocycles. The van der Waals surface area contributed by atoms with Crippen molar-refractivity contribution < 1.29 is 5.11 Å². The number of aliphatic hydroxyl groups is 1. The number of benzene rings is 1. The molecule has 0 spiro atoms. The van der Waals surface area contributed by atoms with E-state index in [0.29, 0.717) is 10.6 Å². The van der Waals surface area contributed by atoms with Gasteiger partial charge in [-0.3, -0.25) is 0 Å². The van der Waals surface area contributed by atoms with Gasteiger partial charge >= 0.3 is 0 Å². The molecule has 0 aliphatic heterocycles. The number of nitriles is 1. The fraction of sp³-hybridized carbons (Fsp3) is 0.100. The van der Waals surface area contributed by atoms with E-state index >= 15 is 0 Å². The van der Waals surface area contributed by atoms with Gasteiger partial charge in [0, 0.05) is 5.02 Å². The monoisotopic (exact) mass is 193 g/mol. The average molecular weight is 194 g/mol. The highest BCUT2D eigenvalue weighted by Gasteiger charge is 1.97.